The number of hydrogen-bond acceptors (Lipinski definition) is 3. The van der Waals surface area contributed by atoms with Crippen LogP contribution in [0.2, 0.25) is 0 Å². The van der Waals surface area contributed by atoms with Crippen molar-refractivity contribution in [2.75, 3.05) is 5.33 Å². The van der Waals surface area contributed by atoms with Gasteiger partial charge < -0.3 is 5.11 Å². The quantitative estimate of drug-likeness (QED) is 0.695. The molecule has 0 aliphatic heterocycles. The monoisotopic (exact) mass is 408 g/mol. The van der Waals surface area contributed by atoms with Crippen LogP contribution in [0.1, 0.15) is 65.2 Å². The van der Waals surface area contributed by atoms with Crippen LogP contribution in [-0.2, 0) is 9.59 Å². The lowest BCUT2D eigenvalue weighted by molar-refractivity contribution is -0.159. The Bertz CT molecular complexity index is 656. The molecule has 4 rings (SSSR count). The molecule has 3 fully saturated rings. The number of rotatable bonds is 2. The summed E-state index contributed by atoms with van der Waals surface area (Å²) in [6, 6.07) is 0. The molecule has 0 aromatic carbocycles. The van der Waals surface area contributed by atoms with E-state index >= 15 is 0 Å². The van der Waals surface area contributed by atoms with Crippen molar-refractivity contribution in [1.29, 1.82) is 0 Å². The highest BCUT2D eigenvalue weighted by Gasteiger charge is 2.65. The number of aliphatic hydroxyl groups is 1. The maximum Gasteiger partial charge on any atom is 0.175 e. The van der Waals surface area contributed by atoms with Crippen LogP contribution in [-0.4, -0.2) is 27.6 Å². The number of carbonyl (C=O) groups excluding carboxylic acids is 2. The smallest absolute Gasteiger partial charge is 0.175 e. The fourth-order valence-electron chi connectivity index (χ4n) is 7.14. The van der Waals surface area contributed by atoms with Gasteiger partial charge in [0.15, 0.2) is 11.6 Å². The third kappa shape index (κ3) is 2.25. The van der Waals surface area contributed by atoms with Crippen molar-refractivity contribution in [3.05, 3.63) is 11.6 Å². The normalized spacial score (nSPS) is 49.0. The molecule has 0 saturated heterocycles. The zero-order valence-corrected chi connectivity index (χ0v) is 16.9. The molecule has 3 saturated carbocycles. The molecule has 4 aliphatic rings. The summed E-state index contributed by atoms with van der Waals surface area (Å²) in [6.07, 6.45) is 9.28. The topological polar surface area (TPSA) is 54.4 Å². The Kier molecular flexibility index (Phi) is 4.12. The van der Waals surface area contributed by atoms with Gasteiger partial charge in [0.1, 0.15) is 5.60 Å². The number of halogens is 1. The number of Topliss-reactive ketones (excluding diaryl/α,β-unsaturated/α-hetero) is 1. The van der Waals surface area contributed by atoms with Gasteiger partial charge in [0.25, 0.3) is 0 Å². The fourth-order valence-corrected chi connectivity index (χ4v) is 7.61. The van der Waals surface area contributed by atoms with Crippen LogP contribution in [0, 0.1) is 28.6 Å². The molecule has 0 aromatic heterocycles. The van der Waals surface area contributed by atoms with Crippen molar-refractivity contribution >= 4 is 27.5 Å². The van der Waals surface area contributed by atoms with Crippen LogP contribution in [0.25, 0.3) is 0 Å². The largest absolute Gasteiger partial charge is 0.381 e. The van der Waals surface area contributed by atoms with Crippen LogP contribution >= 0.6 is 15.9 Å². The van der Waals surface area contributed by atoms with E-state index in [2.05, 4.69) is 29.8 Å². The van der Waals surface area contributed by atoms with E-state index < -0.39 is 5.60 Å². The number of allylic oxidation sites excluding steroid dienone is 1. The minimum absolute atomic E-state index is 0.0400. The van der Waals surface area contributed by atoms with Crippen molar-refractivity contribution in [2.45, 2.75) is 70.8 Å². The number of hydrogen-bond donors (Lipinski definition) is 1. The van der Waals surface area contributed by atoms with Crippen LogP contribution in [0.4, 0.5) is 0 Å². The first-order valence-corrected chi connectivity index (χ1v) is 10.9. The van der Waals surface area contributed by atoms with E-state index in [0.717, 1.165) is 38.5 Å². The van der Waals surface area contributed by atoms with Gasteiger partial charge in [-0.3, -0.25) is 9.59 Å². The van der Waals surface area contributed by atoms with Crippen molar-refractivity contribution < 1.29 is 14.7 Å². The Hall–Kier alpha value is -0.480. The van der Waals surface area contributed by atoms with E-state index in [1.54, 1.807) is 0 Å². The van der Waals surface area contributed by atoms with Gasteiger partial charge in [0.05, 0.1) is 5.33 Å². The SMILES string of the molecule is C[C@]12CC[C@@H]3[C@H](CCC4=CC(=O)CC[C@]43C)[C@H]1CC[C@@]2(O)C(=O)CBr. The van der Waals surface area contributed by atoms with Crippen LogP contribution in [0.5, 0.6) is 0 Å². The molecule has 0 spiro atoms. The molecule has 1 N–H and O–H groups in total. The van der Waals surface area contributed by atoms with Crippen LogP contribution in [0.3, 0.4) is 0 Å². The van der Waals surface area contributed by atoms with Gasteiger partial charge in [0.2, 0.25) is 0 Å². The molecule has 4 aliphatic carbocycles. The predicted molar refractivity (Wildman–Crippen MR) is 100 cm³/mol. The molecule has 0 unspecified atom stereocenters. The molecule has 0 aromatic rings. The molecule has 0 radical (unpaired) electrons. The number of carbonyl (C=O) groups is 2. The van der Waals surface area contributed by atoms with E-state index in [0.29, 0.717) is 36.4 Å². The van der Waals surface area contributed by atoms with Gasteiger partial charge in [-0.2, -0.15) is 0 Å². The molecule has 4 heteroatoms. The van der Waals surface area contributed by atoms with E-state index in [1.165, 1.54) is 5.57 Å². The average Bonchev–Trinajstić information content (AvgIpc) is 2.87. The highest BCUT2D eigenvalue weighted by atomic mass is 79.9. The number of fused-ring (bicyclic) bond motifs is 5. The molecule has 3 nitrogen and oxygen atoms in total. The third-order valence-corrected chi connectivity index (χ3v) is 9.21. The maximum absolute atomic E-state index is 12.5. The van der Waals surface area contributed by atoms with Gasteiger partial charge in [0, 0.05) is 11.8 Å². The standard InChI is InChI=1S/C21H29BrO3/c1-19-8-5-14(23)11-13(19)3-4-15-16(19)6-9-20(2)17(15)7-10-21(20,25)18(24)12-22/h11,15-17,25H,3-10,12H2,1-2H3/t15-,16+,17+,19+,20-,21+/m0/s1. The molecule has 0 bridgehead atoms. The average molecular weight is 409 g/mol. The molecule has 25 heavy (non-hydrogen) atoms. The van der Waals surface area contributed by atoms with E-state index in [1.807, 2.05) is 6.08 Å². The summed E-state index contributed by atoms with van der Waals surface area (Å²) in [7, 11) is 0. The second-order valence-corrected chi connectivity index (χ2v) is 9.94. The van der Waals surface area contributed by atoms with Crippen molar-refractivity contribution in [2.24, 2.45) is 28.6 Å². The van der Waals surface area contributed by atoms with E-state index in [4.69, 9.17) is 0 Å². The highest BCUT2D eigenvalue weighted by Crippen LogP contribution is 2.67. The summed E-state index contributed by atoms with van der Waals surface area (Å²) in [6.45, 7) is 4.54. The lowest BCUT2D eigenvalue weighted by Crippen LogP contribution is -2.57. The first-order valence-electron chi connectivity index (χ1n) is 9.82. The summed E-state index contributed by atoms with van der Waals surface area (Å²) >= 11 is 3.28. The molecule has 138 valence electrons. The minimum Gasteiger partial charge on any atom is -0.381 e. The Morgan fingerprint density at radius 2 is 1.88 bits per heavy atom. The van der Waals surface area contributed by atoms with Crippen LogP contribution in [0.15, 0.2) is 11.6 Å². The lowest BCUT2D eigenvalue weighted by atomic mass is 9.46. The van der Waals surface area contributed by atoms with Crippen molar-refractivity contribution in [3.63, 3.8) is 0 Å². The first-order chi connectivity index (χ1) is 11.8. The van der Waals surface area contributed by atoms with Gasteiger partial charge in [-0.1, -0.05) is 35.4 Å². The van der Waals surface area contributed by atoms with Crippen molar-refractivity contribution in [1.82, 2.24) is 0 Å². The Balaban J connectivity index is 1.68. The zero-order chi connectivity index (χ0) is 18.0. The second kappa shape index (κ2) is 5.76. The maximum atomic E-state index is 12.5. The summed E-state index contributed by atoms with van der Waals surface area (Å²) in [4.78, 5) is 24.4. The zero-order valence-electron chi connectivity index (χ0n) is 15.3. The molecular weight excluding hydrogens is 380 g/mol. The molecule has 6 atom stereocenters. The summed E-state index contributed by atoms with van der Waals surface area (Å²) < 4.78 is 0. The second-order valence-electron chi connectivity index (χ2n) is 9.38. The van der Waals surface area contributed by atoms with Crippen LogP contribution < -0.4 is 0 Å². The Labute approximate surface area is 158 Å². The summed E-state index contributed by atoms with van der Waals surface area (Å²) in [5.41, 5.74) is 0.0730. The third-order valence-electron chi connectivity index (χ3n) is 8.70. The minimum atomic E-state index is -1.16. The highest BCUT2D eigenvalue weighted by molar-refractivity contribution is 9.09. The molecule has 0 amide bonds. The fraction of sp³-hybridized carbons (Fsp3) is 0.810. The van der Waals surface area contributed by atoms with Gasteiger partial charge in [-0.15, -0.1) is 0 Å². The van der Waals surface area contributed by atoms with Gasteiger partial charge >= 0.3 is 0 Å². The molecule has 0 heterocycles. The summed E-state index contributed by atoms with van der Waals surface area (Å²) in [5, 5.41) is 11.5. The van der Waals surface area contributed by atoms with E-state index in [9.17, 15) is 14.7 Å². The molecular formula is C21H29BrO3. The van der Waals surface area contributed by atoms with Gasteiger partial charge in [-0.05, 0) is 74.2 Å². The van der Waals surface area contributed by atoms with E-state index in [-0.39, 0.29) is 21.9 Å². The predicted octanol–water partition coefficient (Wildman–Crippen LogP) is 4.21. The Morgan fingerprint density at radius 3 is 2.60 bits per heavy atom. The Morgan fingerprint density at radius 1 is 1.16 bits per heavy atom. The number of alkyl halides is 1. The first kappa shape index (κ1) is 17.9. The lowest BCUT2D eigenvalue weighted by Gasteiger charge is -2.58. The van der Waals surface area contributed by atoms with Crippen molar-refractivity contribution in [3.8, 4) is 0 Å². The van der Waals surface area contributed by atoms with Gasteiger partial charge in [-0.25, -0.2) is 0 Å². The number of ketones is 2. The summed E-state index contributed by atoms with van der Waals surface area (Å²) in [5.74, 6) is 1.85.